The van der Waals surface area contributed by atoms with Crippen molar-refractivity contribution in [1.29, 1.82) is 0 Å². The molecule has 4 heteroatoms. The summed E-state index contributed by atoms with van der Waals surface area (Å²) in [5, 5.41) is 13.3. The third kappa shape index (κ3) is 3.79. The highest BCUT2D eigenvalue weighted by Gasteiger charge is 2.24. The van der Waals surface area contributed by atoms with E-state index in [-0.39, 0.29) is 12.2 Å². The number of ether oxygens (including phenoxy) is 1. The molecule has 0 amide bonds. The van der Waals surface area contributed by atoms with Gasteiger partial charge < -0.3 is 20.1 Å². The van der Waals surface area contributed by atoms with Gasteiger partial charge >= 0.3 is 0 Å². The van der Waals surface area contributed by atoms with Crippen molar-refractivity contribution in [1.82, 2.24) is 4.98 Å². The Balaban J connectivity index is 1.53. The van der Waals surface area contributed by atoms with Crippen LogP contribution < -0.4 is 10.1 Å². The molecule has 1 aliphatic rings. The molecule has 4 nitrogen and oxygen atoms in total. The molecular weight excluding hydrogens is 264 g/mol. The van der Waals surface area contributed by atoms with Crippen LogP contribution in [0, 0.1) is 0 Å². The van der Waals surface area contributed by atoms with Crippen LogP contribution in [-0.2, 0) is 6.54 Å². The molecule has 21 heavy (non-hydrogen) atoms. The number of aromatic amines is 1. The Morgan fingerprint density at radius 2 is 1.95 bits per heavy atom. The van der Waals surface area contributed by atoms with Crippen molar-refractivity contribution in [2.75, 3.05) is 5.32 Å². The van der Waals surface area contributed by atoms with Crippen molar-refractivity contribution in [2.24, 2.45) is 0 Å². The summed E-state index contributed by atoms with van der Waals surface area (Å²) in [5.74, 6) is 0.827. The molecule has 2 atom stereocenters. The standard InChI is InChI=1S/C17H22N2O2/c20-16-3-1-2-4-17(16)21-15-7-5-14(6-8-15)19-12-13-9-10-18-11-13/h5-11,16-20H,1-4,12H2. The highest BCUT2D eigenvalue weighted by atomic mass is 16.5. The summed E-state index contributed by atoms with van der Waals surface area (Å²) in [6.45, 7) is 0.797. The number of anilines is 1. The maximum absolute atomic E-state index is 9.93. The smallest absolute Gasteiger partial charge is 0.124 e. The number of aliphatic hydroxyl groups excluding tert-OH is 1. The molecule has 0 radical (unpaired) electrons. The summed E-state index contributed by atoms with van der Waals surface area (Å²) in [4.78, 5) is 3.04. The third-order valence-corrected chi connectivity index (χ3v) is 3.97. The van der Waals surface area contributed by atoms with Crippen molar-refractivity contribution in [2.45, 2.75) is 44.4 Å². The lowest BCUT2D eigenvalue weighted by Gasteiger charge is -2.28. The zero-order valence-corrected chi connectivity index (χ0v) is 12.1. The van der Waals surface area contributed by atoms with Gasteiger partial charge in [-0.05, 0) is 55.2 Å². The highest BCUT2D eigenvalue weighted by molar-refractivity contribution is 5.46. The largest absolute Gasteiger partial charge is 0.488 e. The Morgan fingerprint density at radius 3 is 2.67 bits per heavy atom. The van der Waals surface area contributed by atoms with E-state index in [1.807, 2.05) is 36.7 Å². The Kier molecular flexibility index (Phi) is 4.46. The van der Waals surface area contributed by atoms with Crippen LogP contribution in [0.5, 0.6) is 5.75 Å². The molecule has 1 aromatic carbocycles. The third-order valence-electron chi connectivity index (χ3n) is 3.97. The van der Waals surface area contributed by atoms with Gasteiger partial charge in [0.2, 0.25) is 0 Å². The molecule has 1 heterocycles. The van der Waals surface area contributed by atoms with Crippen molar-refractivity contribution >= 4 is 5.69 Å². The Hall–Kier alpha value is -1.94. The molecule has 1 saturated carbocycles. The van der Waals surface area contributed by atoms with E-state index in [0.29, 0.717) is 0 Å². The van der Waals surface area contributed by atoms with Crippen LogP contribution in [0.1, 0.15) is 31.2 Å². The Labute approximate surface area is 125 Å². The first-order valence-electron chi connectivity index (χ1n) is 7.61. The minimum absolute atomic E-state index is 0.0579. The van der Waals surface area contributed by atoms with Gasteiger partial charge in [-0.1, -0.05) is 6.42 Å². The van der Waals surface area contributed by atoms with Crippen LogP contribution in [0.2, 0.25) is 0 Å². The molecule has 0 saturated heterocycles. The molecule has 1 aromatic heterocycles. The number of benzene rings is 1. The lowest BCUT2D eigenvalue weighted by Crippen LogP contribution is -2.34. The summed E-state index contributed by atoms with van der Waals surface area (Å²) in [6.07, 6.45) is 7.54. The van der Waals surface area contributed by atoms with Gasteiger partial charge in [0.05, 0.1) is 6.10 Å². The van der Waals surface area contributed by atoms with E-state index in [0.717, 1.165) is 43.7 Å². The van der Waals surface area contributed by atoms with Gasteiger partial charge in [-0.2, -0.15) is 0 Å². The summed E-state index contributed by atoms with van der Waals surface area (Å²) in [7, 11) is 0. The first-order chi connectivity index (χ1) is 10.3. The fourth-order valence-corrected chi connectivity index (χ4v) is 2.71. The van der Waals surface area contributed by atoms with Crippen molar-refractivity contribution in [3.8, 4) is 5.75 Å². The minimum atomic E-state index is -0.329. The second-order valence-electron chi connectivity index (χ2n) is 5.61. The molecule has 2 unspecified atom stereocenters. The normalized spacial score (nSPS) is 22.0. The number of aliphatic hydroxyl groups is 1. The molecule has 3 rings (SSSR count). The zero-order valence-electron chi connectivity index (χ0n) is 12.1. The van der Waals surface area contributed by atoms with Gasteiger partial charge in [-0.3, -0.25) is 0 Å². The Bertz CT molecular complexity index is 536. The second-order valence-corrected chi connectivity index (χ2v) is 5.61. The summed E-state index contributed by atoms with van der Waals surface area (Å²) in [6, 6.07) is 9.99. The van der Waals surface area contributed by atoms with Crippen LogP contribution in [-0.4, -0.2) is 22.3 Å². The van der Waals surface area contributed by atoms with Crippen LogP contribution in [0.4, 0.5) is 5.69 Å². The lowest BCUT2D eigenvalue weighted by molar-refractivity contribution is 0.00688. The molecular formula is C17H22N2O2. The predicted molar refractivity (Wildman–Crippen MR) is 83.5 cm³/mol. The monoisotopic (exact) mass is 286 g/mol. The molecule has 1 fully saturated rings. The maximum atomic E-state index is 9.93. The van der Waals surface area contributed by atoms with Gasteiger partial charge in [0.25, 0.3) is 0 Å². The molecule has 0 spiro atoms. The molecule has 2 aromatic rings. The van der Waals surface area contributed by atoms with Gasteiger partial charge in [-0.15, -0.1) is 0 Å². The zero-order chi connectivity index (χ0) is 14.5. The lowest BCUT2D eigenvalue weighted by atomic mass is 9.95. The maximum Gasteiger partial charge on any atom is 0.124 e. The number of nitrogens with one attached hydrogen (secondary N) is 2. The average Bonchev–Trinajstić information content (AvgIpc) is 3.02. The minimum Gasteiger partial charge on any atom is -0.488 e. The van der Waals surface area contributed by atoms with Crippen molar-refractivity contribution < 1.29 is 9.84 Å². The number of hydrogen-bond donors (Lipinski definition) is 3. The molecule has 0 bridgehead atoms. The molecule has 112 valence electrons. The Morgan fingerprint density at radius 1 is 1.14 bits per heavy atom. The number of H-pyrrole nitrogens is 1. The van der Waals surface area contributed by atoms with E-state index in [4.69, 9.17) is 4.74 Å². The van der Waals surface area contributed by atoms with E-state index in [9.17, 15) is 5.11 Å². The van der Waals surface area contributed by atoms with Gasteiger partial charge in [0.1, 0.15) is 11.9 Å². The van der Waals surface area contributed by atoms with Crippen LogP contribution >= 0.6 is 0 Å². The second kappa shape index (κ2) is 6.68. The first-order valence-corrected chi connectivity index (χ1v) is 7.61. The molecule has 1 aliphatic carbocycles. The fourth-order valence-electron chi connectivity index (χ4n) is 2.71. The topological polar surface area (TPSA) is 57.3 Å². The predicted octanol–water partition coefficient (Wildman–Crippen LogP) is 3.31. The van der Waals surface area contributed by atoms with Crippen LogP contribution in [0.25, 0.3) is 0 Å². The average molecular weight is 286 g/mol. The van der Waals surface area contributed by atoms with Crippen molar-refractivity contribution in [3.63, 3.8) is 0 Å². The van der Waals surface area contributed by atoms with E-state index in [1.54, 1.807) is 0 Å². The van der Waals surface area contributed by atoms with Gasteiger partial charge in [0, 0.05) is 24.6 Å². The highest BCUT2D eigenvalue weighted by Crippen LogP contribution is 2.25. The molecule has 0 aliphatic heterocycles. The quantitative estimate of drug-likeness (QED) is 0.790. The summed E-state index contributed by atoms with van der Waals surface area (Å²) in [5.41, 5.74) is 2.29. The van der Waals surface area contributed by atoms with Crippen molar-refractivity contribution in [3.05, 3.63) is 48.3 Å². The van der Waals surface area contributed by atoms with Gasteiger partial charge in [-0.25, -0.2) is 0 Å². The van der Waals surface area contributed by atoms with Crippen LogP contribution in [0.15, 0.2) is 42.7 Å². The number of aromatic nitrogens is 1. The number of rotatable bonds is 5. The summed E-state index contributed by atoms with van der Waals surface area (Å²) < 4.78 is 5.89. The number of hydrogen-bond acceptors (Lipinski definition) is 3. The van der Waals surface area contributed by atoms with E-state index < -0.39 is 0 Å². The first kappa shape index (κ1) is 14.0. The fraction of sp³-hybridized carbons (Fsp3) is 0.412. The van der Waals surface area contributed by atoms with Gasteiger partial charge in [0.15, 0.2) is 0 Å². The van der Waals surface area contributed by atoms with Crippen LogP contribution in [0.3, 0.4) is 0 Å². The molecule has 3 N–H and O–H groups in total. The summed E-state index contributed by atoms with van der Waals surface area (Å²) >= 11 is 0. The van der Waals surface area contributed by atoms with E-state index >= 15 is 0 Å². The SMILES string of the molecule is OC1CCCCC1Oc1ccc(NCc2cc[nH]c2)cc1. The van der Waals surface area contributed by atoms with E-state index in [1.165, 1.54) is 5.56 Å². The van der Waals surface area contributed by atoms with E-state index in [2.05, 4.69) is 16.4 Å².